The van der Waals surface area contributed by atoms with Gasteiger partial charge in [-0.15, -0.1) is 0 Å². The molecule has 0 radical (unpaired) electrons. The Hall–Kier alpha value is -3.39. The molecule has 0 spiro atoms. The van der Waals surface area contributed by atoms with Crippen molar-refractivity contribution in [2.45, 2.75) is 4.90 Å². The molecule has 0 atom stereocenters. The number of amides is 1. The maximum Gasteiger partial charge on any atom is 0.262 e. The lowest BCUT2D eigenvalue weighted by Gasteiger charge is -2.10. The molecular formula is C20H17FN2O4S. The Morgan fingerprint density at radius 2 is 1.68 bits per heavy atom. The number of carbonyl (C=O) groups is 1. The second-order valence-corrected chi connectivity index (χ2v) is 7.48. The molecule has 0 saturated carbocycles. The van der Waals surface area contributed by atoms with E-state index in [2.05, 4.69) is 10.0 Å². The van der Waals surface area contributed by atoms with Crippen molar-refractivity contribution >= 4 is 27.3 Å². The summed E-state index contributed by atoms with van der Waals surface area (Å²) in [6.45, 7) is 0. The average Bonchev–Trinajstić information content (AvgIpc) is 2.70. The van der Waals surface area contributed by atoms with Gasteiger partial charge in [-0.05, 0) is 54.6 Å². The van der Waals surface area contributed by atoms with Gasteiger partial charge in [-0.25, -0.2) is 12.8 Å². The highest BCUT2D eigenvalue weighted by molar-refractivity contribution is 7.92. The van der Waals surface area contributed by atoms with Crippen LogP contribution in [0, 0.1) is 5.82 Å². The Balaban J connectivity index is 1.80. The Bertz CT molecular complexity index is 1100. The van der Waals surface area contributed by atoms with Crippen molar-refractivity contribution in [2.75, 3.05) is 17.1 Å². The zero-order valence-electron chi connectivity index (χ0n) is 14.8. The number of anilines is 2. The van der Waals surface area contributed by atoms with Crippen LogP contribution in [0.5, 0.6) is 5.75 Å². The summed E-state index contributed by atoms with van der Waals surface area (Å²) in [7, 11) is -2.52. The van der Waals surface area contributed by atoms with Crippen LogP contribution in [0.25, 0.3) is 0 Å². The minimum Gasteiger partial charge on any atom is -0.497 e. The standard InChI is InChI=1S/C20H17FN2O4S/c1-27-16-11-9-15(10-12-16)22-20(24)14-5-4-6-17(13-14)28(25,26)23-19-8-3-2-7-18(19)21/h2-13,23H,1H3,(H,22,24). The summed E-state index contributed by atoms with van der Waals surface area (Å²) >= 11 is 0. The molecule has 0 fully saturated rings. The lowest BCUT2D eigenvalue weighted by Crippen LogP contribution is -2.16. The van der Waals surface area contributed by atoms with Crippen molar-refractivity contribution in [2.24, 2.45) is 0 Å². The monoisotopic (exact) mass is 400 g/mol. The zero-order chi connectivity index (χ0) is 20.1. The minimum absolute atomic E-state index is 0.146. The van der Waals surface area contributed by atoms with E-state index in [1.54, 1.807) is 24.3 Å². The van der Waals surface area contributed by atoms with Gasteiger partial charge in [0.05, 0.1) is 17.7 Å². The first kappa shape index (κ1) is 19.4. The molecule has 3 aromatic rings. The van der Waals surface area contributed by atoms with Gasteiger partial charge < -0.3 is 10.1 Å². The van der Waals surface area contributed by atoms with Crippen molar-refractivity contribution < 1.29 is 22.3 Å². The Labute approximate surface area is 162 Å². The Morgan fingerprint density at radius 1 is 0.964 bits per heavy atom. The maximum atomic E-state index is 13.7. The predicted octanol–water partition coefficient (Wildman–Crippen LogP) is 3.89. The van der Waals surface area contributed by atoms with Crippen LogP contribution in [0.2, 0.25) is 0 Å². The highest BCUT2D eigenvalue weighted by Gasteiger charge is 2.18. The number of methoxy groups -OCH3 is 1. The number of carbonyl (C=O) groups excluding carboxylic acids is 1. The first-order valence-electron chi connectivity index (χ1n) is 8.22. The summed E-state index contributed by atoms with van der Waals surface area (Å²) in [6.07, 6.45) is 0. The van der Waals surface area contributed by atoms with Crippen molar-refractivity contribution in [3.63, 3.8) is 0 Å². The first-order valence-corrected chi connectivity index (χ1v) is 9.70. The molecule has 28 heavy (non-hydrogen) atoms. The number of hydrogen-bond acceptors (Lipinski definition) is 4. The van der Waals surface area contributed by atoms with Gasteiger partial charge in [-0.2, -0.15) is 0 Å². The second-order valence-electron chi connectivity index (χ2n) is 5.80. The number of rotatable bonds is 6. The van der Waals surface area contributed by atoms with Crippen LogP contribution in [-0.4, -0.2) is 21.4 Å². The molecule has 3 aromatic carbocycles. The fraction of sp³-hybridized carbons (Fsp3) is 0.0500. The molecule has 0 bridgehead atoms. The zero-order valence-corrected chi connectivity index (χ0v) is 15.7. The fourth-order valence-electron chi connectivity index (χ4n) is 2.43. The molecule has 0 aliphatic rings. The van der Waals surface area contributed by atoms with Crippen molar-refractivity contribution in [3.05, 3.63) is 84.2 Å². The van der Waals surface area contributed by atoms with Crippen LogP contribution in [0.1, 0.15) is 10.4 Å². The normalized spacial score (nSPS) is 10.9. The summed E-state index contributed by atoms with van der Waals surface area (Å²) in [6, 6.07) is 17.6. The number of ether oxygens (including phenoxy) is 1. The van der Waals surface area contributed by atoms with Gasteiger partial charge in [-0.1, -0.05) is 18.2 Å². The molecule has 0 aliphatic carbocycles. The fourth-order valence-corrected chi connectivity index (χ4v) is 3.54. The summed E-state index contributed by atoms with van der Waals surface area (Å²) in [5.41, 5.74) is 0.506. The van der Waals surface area contributed by atoms with Gasteiger partial charge in [-0.3, -0.25) is 9.52 Å². The van der Waals surface area contributed by atoms with E-state index >= 15 is 0 Å². The lowest BCUT2D eigenvalue weighted by atomic mass is 10.2. The number of para-hydroxylation sites is 1. The van der Waals surface area contributed by atoms with Crippen molar-refractivity contribution in [1.29, 1.82) is 0 Å². The molecule has 0 aromatic heterocycles. The minimum atomic E-state index is -4.06. The smallest absolute Gasteiger partial charge is 0.262 e. The number of benzene rings is 3. The molecular weight excluding hydrogens is 383 g/mol. The van der Waals surface area contributed by atoms with E-state index in [0.29, 0.717) is 11.4 Å². The predicted molar refractivity (Wildman–Crippen MR) is 105 cm³/mol. The number of sulfonamides is 1. The summed E-state index contributed by atoms with van der Waals surface area (Å²) in [5.74, 6) is -0.530. The second kappa shape index (κ2) is 8.10. The third-order valence-corrected chi connectivity index (χ3v) is 5.24. The van der Waals surface area contributed by atoms with E-state index in [0.717, 1.165) is 6.07 Å². The molecule has 2 N–H and O–H groups in total. The van der Waals surface area contributed by atoms with Crippen LogP contribution in [0.3, 0.4) is 0 Å². The van der Waals surface area contributed by atoms with E-state index in [1.165, 1.54) is 49.6 Å². The molecule has 1 amide bonds. The van der Waals surface area contributed by atoms with Crippen LogP contribution in [0.4, 0.5) is 15.8 Å². The van der Waals surface area contributed by atoms with E-state index in [1.807, 2.05) is 0 Å². The van der Waals surface area contributed by atoms with Gasteiger partial charge in [0.2, 0.25) is 0 Å². The highest BCUT2D eigenvalue weighted by Crippen LogP contribution is 2.20. The van der Waals surface area contributed by atoms with E-state index in [4.69, 9.17) is 4.74 Å². The molecule has 0 heterocycles. The van der Waals surface area contributed by atoms with Gasteiger partial charge in [0.25, 0.3) is 15.9 Å². The van der Waals surface area contributed by atoms with Gasteiger partial charge in [0.1, 0.15) is 11.6 Å². The molecule has 3 rings (SSSR count). The number of nitrogens with one attached hydrogen (secondary N) is 2. The number of hydrogen-bond donors (Lipinski definition) is 2. The highest BCUT2D eigenvalue weighted by atomic mass is 32.2. The lowest BCUT2D eigenvalue weighted by molar-refractivity contribution is 0.102. The molecule has 0 saturated heterocycles. The van der Waals surface area contributed by atoms with Crippen molar-refractivity contribution in [3.8, 4) is 5.75 Å². The topological polar surface area (TPSA) is 84.5 Å². The van der Waals surface area contributed by atoms with Crippen LogP contribution >= 0.6 is 0 Å². The van der Waals surface area contributed by atoms with Gasteiger partial charge >= 0.3 is 0 Å². The summed E-state index contributed by atoms with van der Waals surface area (Å²) < 4.78 is 46.0. The number of halogens is 1. The Kier molecular flexibility index (Phi) is 5.60. The van der Waals surface area contributed by atoms with E-state index < -0.39 is 21.7 Å². The molecule has 8 heteroatoms. The van der Waals surface area contributed by atoms with Gasteiger partial charge in [0, 0.05) is 11.3 Å². The van der Waals surface area contributed by atoms with E-state index in [9.17, 15) is 17.6 Å². The first-order chi connectivity index (χ1) is 13.4. The third-order valence-electron chi connectivity index (χ3n) is 3.87. The average molecular weight is 400 g/mol. The van der Waals surface area contributed by atoms with Crippen LogP contribution in [0.15, 0.2) is 77.7 Å². The molecule has 0 unspecified atom stereocenters. The summed E-state index contributed by atoms with van der Waals surface area (Å²) in [5, 5.41) is 2.68. The summed E-state index contributed by atoms with van der Waals surface area (Å²) in [4.78, 5) is 12.3. The third kappa shape index (κ3) is 4.47. The quantitative estimate of drug-likeness (QED) is 0.658. The van der Waals surface area contributed by atoms with Crippen molar-refractivity contribution in [1.82, 2.24) is 0 Å². The van der Waals surface area contributed by atoms with Crippen LogP contribution in [-0.2, 0) is 10.0 Å². The molecule has 144 valence electrons. The maximum absolute atomic E-state index is 13.7. The largest absolute Gasteiger partial charge is 0.497 e. The Morgan fingerprint density at radius 3 is 2.36 bits per heavy atom. The molecule has 6 nitrogen and oxygen atoms in total. The SMILES string of the molecule is COc1ccc(NC(=O)c2cccc(S(=O)(=O)Nc3ccccc3F)c2)cc1. The van der Waals surface area contributed by atoms with E-state index in [-0.39, 0.29) is 16.1 Å². The molecule has 0 aliphatic heterocycles. The van der Waals surface area contributed by atoms with Crippen LogP contribution < -0.4 is 14.8 Å². The van der Waals surface area contributed by atoms with Gasteiger partial charge in [0.15, 0.2) is 0 Å².